The highest BCUT2D eigenvalue weighted by Crippen LogP contribution is 2.28. The third kappa shape index (κ3) is 14.0. The number of hydrazine groups is 1. The second kappa shape index (κ2) is 21.5. The molecule has 3 aromatic rings. The molecule has 3 heterocycles. The predicted molar refractivity (Wildman–Crippen MR) is 199 cm³/mol. The van der Waals surface area contributed by atoms with Crippen LogP contribution in [-0.4, -0.2) is 116 Å². The van der Waals surface area contributed by atoms with Gasteiger partial charge in [0.1, 0.15) is 42.8 Å². The normalized spacial score (nSPS) is 15.7. The summed E-state index contributed by atoms with van der Waals surface area (Å²) in [5, 5.41) is 35.4. The Morgan fingerprint density at radius 2 is 1.30 bits per heavy atom. The Hall–Kier alpha value is -7.23. The van der Waals surface area contributed by atoms with Gasteiger partial charge in [-0.2, -0.15) is 0 Å². The Bertz CT molecular complexity index is 1950. The molecule has 1 aromatic carbocycles. The van der Waals surface area contributed by atoms with E-state index in [9.17, 15) is 58.5 Å². The molecular formula is C38H44N6O16. The molecule has 1 aliphatic rings. The van der Waals surface area contributed by atoms with E-state index in [1.54, 1.807) is 54.6 Å². The number of nitrogens with zero attached hydrogens (tertiary/aromatic N) is 2. The molecule has 0 aliphatic carbocycles. The Labute approximate surface area is 341 Å². The number of carbonyl (C=O) groups is 9. The van der Waals surface area contributed by atoms with Crippen molar-refractivity contribution in [1.29, 1.82) is 0 Å². The molecule has 0 bridgehead atoms. The van der Waals surface area contributed by atoms with Crippen LogP contribution in [-0.2, 0) is 67.5 Å². The number of epoxide rings is 1. The minimum atomic E-state index is -1.80. The number of amides is 6. The van der Waals surface area contributed by atoms with E-state index in [-0.39, 0.29) is 19.7 Å². The molecule has 7 N–H and O–H groups in total. The number of carbonyl (C=O) groups excluding carboxylic acids is 6. The number of hydrogen-bond donors (Lipinski definition) is 7. The Morgan fingerprint density at radius 3 is 1.83 bits per heavy atom. The lowest BCUT2D eigenvalue weighted by Gasteiger charge is -2.28. The number of nitrogens with one attached hydrogen (secondary N) is 4. The number of benzene rings is 1. The number of rotatable bonds is 22. The van der Waals surface area contributed by atoms with E-state index in [2.05, 4.69) is 21.4 Å². The van der Waals surface area contributed by atoms with Crippen LogP contribution >= 0.6 is 0 Å². The van der Waals surface area contributed by atoms with Gasteiger partial charge in [-0.3, -0.25) is 43.8 Å². The number of carboxylic acids is 3. The lowest BCUT2D eigenvalue weighted by atomic mass is 10.0. The van der Waals surface area contributed by atoms with Crippen LogP contribution in [0.3, 0.4) is 0 Å². The molecule has 22 nitrogen and oxygen atoms in total. The van der Waals surface area contributed by atoms with Crippen LogP contribution in [0, 0.1) is 5.92 Å². The molecule has 0 radical (unpaired) electrons. The van der Waals surface area contributed by atoms with Gasteiger partial charge >= 0.3 is 24.0 Å². The van der Waals surface area contributed by atoms with Crippen molar-refractivity contribution in [1.82, 2.24) is 31.3 Å². The first-order chi connectivity index (χ1) is 28.5. The van der Waals surface area contributed by atoms with Gasteiger partial charge in [-0.05, 0) is 42.2 Å². The van der Waals surface area contributed by atoms with Crippen LogP contribution in [0.1, 0.15) is 50.2 Å². The fourth-order valence-corrected chi connectivity index (χ4v) is 5.61. The van der Waals surface area contributed by atoms with Crippen LogP contribution in [0.4, 0.5) is 4.79 Å². The van der Waals surface area contributed by atoms with E-state index in [0.29, 0.717) is 22.1 Å². The summed E-state index contributed by atoms with van der Waals surface area (Å²) < 4.78 is 21.1. The van der Waals surface area contributed by atoms with Gasteiger partial charge in [-0.15, -0.1) is 0 Å². The molecule has 1 saturated heterocycles. The maximum Gasteiger partial charge on any atom is 0.408 e. The minimum absolute atomic E-state index is 0.0371. The largest absolute Gasteiger partial charge is 0.481 e. The molecule has 1 aliphatic heterocycles. The third-order valence-corrected chi connectivity index (χ3v) is 8.68. The van der Waals surface area contributed by atoms with Crippen molar-refractivity contribution >= 4 is 53.5 Å². The Morgan fingerprint density at radius 1 is 0.700 bits per heavy atom. The average Bonchev–Trinajstić information content (AvgIpc) is 3.50. The second-order valence-electron chi connectivity index (χ2n) is 13.7. The highest BCUT2D eigenvalue weighted by atomic mass is 16.6. The Balaban J connectivity index is 1.43. The van der Waals surface area contributed by atoms with Crippen molar-refractivity contribution in [2.45, 2.75) is 83.1 Å². The molecule has 0 saturated carbocycles. The van der Waals surface area contributed by atoms with E-state index in [0.717, 1.165) is 0 Å². The first-order valence-corrected chi connectivity index (χ1v) is 18.4. The Kier molecular flexibility index (Phi) is 16.3. The number of furan rings is 2. The van der Waals surface area contributed by atoms with Crippen molar-refractivity contribution < 1.29 is 76.8 Å². The molecule has 2 aromatic heterocycles. The van der Waals surface area contributed by atoms with Crippen molar-refractivity contribution in [2.75, 3.05) is 6.54 Å². The van der Waals surface area contributed by atoms with Gasteiger partial charge in [0.2, 0.25) is 11.8 Å². The topological polar surface area (TPSA) is 317 Å². The van der Waals surface area contributed by atoms with Crippen LogP contribution < -0.4 is 21.4 Å². The van der Waals surface area contributed by atoms with Gasteiger partial charge in [-0.1, -0.05) is 44.2 Å². The van der Waals surface area contributed by atoms with E-state index in [1.165, 1.54) is 31.3 Å². The highest BCUT2D eigenvalue weighted by Gasteiger charge is 2.54. The molecule has 1 fully saturated rings. The molecule has 60 heavy (non-hydrogen) atoms. The van der Waals surface area contributed by atoms with E-state index < -0.39 is 116 Å². The first-order valence-electron chi connectivity index (χ1n) is 18.4. The van der Waals surface area contributed by atoms with Crippen molar-refractivity contribution in [3.05, 3.63) is 84.2 Å². The second-order valence-corrected chi connectivity index (χ2v) is 13.7. The highest BCUT2D eigenvalue weighted by molar-refractivity contribution is 5.98. The quantitative estimate of drug-likeness (QED) is 0.0531. The molecular weight excluding hydrogens is 796 g/mol. The molecule has 5 atom stereocenters. The van der Waals surface area contributed by atoms with Crippen LogP contribution in [0.2, 0.25) is 0 Å². The summed E-state index contributed by atoms with van der Waals surface area (Å²) in [4.78, 5) is 116. The maximum atomic E-state index is 13.6. The van der Waals surface area contributed by atoms with Gasteiger partial charge in [0.05, 0.1) is 32.0 Å². The van der Waals surface area contributed by atoms with Crippen molar-refractivity contribution in [2.24, 2.45) is 5.92 Å². The summed E-state index contributed by atoms with van der Waals surface area (Å²) in [7, 11) is 0. The molecule has 6 amide bonds. The maximum absolute atomic E-state index is 13.6. The van der Waals surface area contributed by atoms with E-state index in [1.807, 2.05) is 0 Å². The number of ether oxygens (including phenoxy) is 2. The van der Waals surface area contributed by atoms with E-state index >= 15 is 0 Å². The fraction of sp³-hybridized carbons (Fsp3) is 0.395. The number of alkyl carbamates (subject to hydrolysis) is 1. The molecule has 22 heteroatoms. The number of aliphatic carboxylic acids is 3. The molecule has 5 unspecified atom stereocenters. The first kappa shape index (κ1) is 45.5. The smallest absolute Gasteiger partial charge is 0.408 e. The van der Waals surface area contributed by atoms with Crippen LogP contribution in [0.5, 0.6) is 0 Å². The van der Waals surface area contributed by atoms with Crippen molar-refractivity contribution in [3.8, 4) is 0 Å². The monoisotopic (exact) mass is 840 g/mol. The average molecular weight is 841 g/mol. The zero-order valence-corrected chi connectivity index (χ0v) is 32.3. The summed E-state index contributed by atoms with van der Waals surface area (Å²) in [5.41, 5.74) is 2.72. The predicted octanol–water partition coefficient (Wildman–Crippen LogP) is 0.373. The van der Waals surface area contributed by atoms with Crippen LogP contribution in [0.15, 0.2) is 76.0 Å². The summed E-state index contributed by atoms with van der Waals surface area (Å²) in [6, 6.07) is 9.80. The van der Waals surface area contributed by atoms with Gasteiger partial charge in [0, 0.05) is 6.42 Å². The zero-order chi connectivity index (χ0) is 43.9. The van der Waals surface area contributed by atoms with Crippen molar-refractivity contribution in [3.63, 3.8) is 0 Å². The van der Waals surface area contributed by atoms with Crippen LogP contribution in [0.25, 0.3) is 0 Å². The lowest BCUT2D eigenvalue weighted by molar-refractivity contribution is -0.151. The zero-order valence-electron chi connectivity index (χ0n) is 32.3. The van der Waals surface area contributed by atoms with Gasteiger partial charge in [0.15, 0.2) is 12.2 Å². The van der Waals surface area contributed by atoms with Gasteiger partial charge in [0.25, 0.3) is 17.7 Å². The van der Waals surface area contributed by atoms with Gasteiger partial charge in [-0.25, -0.2) is 9.80 Å². The number of carboxylic acid groups (broad SMARTS) is 3. The standard InChI is InChI=1S/C38H44N6O16/c1-21(2)30(41-33(51)25(12-13-27(45)46)39-34(52)26(16-28(47)48)40-38(56)59-20-22-8-4-3-5-9-22)35(53)42-44(19-29(49)50)37(55)32-31(60-32)36(54)43(17-23-10-6-14-57-23)18-24-11-7-15-58-24/h3-11,14-15,21,25-26,30-32H,12-13,16-20H2,1-2H3,(H,39,52)(H,40,56)(H,41,51)(H,42,53)(H,45,46)(H,47,48)(H,49,50). The minimum Gasteiger partial charge on any atom is -0.481 e. The lowest BCUT2D eigenvalue weighted by Crippen LogP contribution is -2.60. The molecule has 322 valence electrons. The molecule has 4 rings (SSSR count). The van der Waals surface area contributed by atoms with E-state index in [4.69, 9.17) is 18.3 Å². The summed E-state index contributed by atoms with van der Waals surface area (Å²) in [6.07, 6.45) is -3.47. The van der Waals surface area contributed by atoms with Gasteiger partial charge < -0.3 is 54.5 Å². The SMILES string of the molecule is CC(C)C(NC(=O)C(CCC(=O)O)NC(=O)C(CC(=O)O)NC(=O)OCc1ccccc1)C(=O)NN(CC(=O)O)C(=O)C1OC1C(=O)N(Cc1ccco1)Cc1ccco1. The number of hydrogen-bond acceptors (Lipinski definition) is 13. The third-order valence-electron chi connectivity index (χ3n) is 8.68. The summed E-state index contributed by atoms with van der Waals surface area (Å²) >= 11 is 0. The summed E-state index contributed by atoms with van der Waals surface area (Å²) in [6.45, 7) is 1.54. The molecule has 0 spiro atoms. The fourth-order valence-electron chi connectivity index (χ4n) is 5.61. The summed E-state index contributed by atoms with van der Waals surface area (Å²) in [5.74, 6) is -9.68.